The second-order valence-corrected chi connectivity index (χ2v) is 10.0. The van der Waals surface area contributed by atoms with Crippen molar-refractivity contribution in [1.29, 1.82) is 0 Å². The van der Waals surface area contributed by atoms with Crippen LogP contribution in [0.3, 0.4) is 0 Å². The number of anilines is 1. The quantitative estimate of drug-likeness (QED) is 0.406. The molecule has 1 N–H and O–H groups in total. The van der Waals surface area contributed by atoms with E-state index in [1.165, 1.54) is 12.8 Å². The van der Waals surface area contributed by atoms with Gasteiger partial charge in [0.25, 0.3) is 11.9 Å². The maximum Gasteiger partial charge on any atom is 0.296 e. The summed E-state index contributed by atoms with van der Waals surface area (Å²) < 4.78 is 17.2. The van der Waals surface area contributed by atoms with Gasteiger partial charge in [-0.15, -0.1) is 0 Å². The van der Waals surface area contributed by atoms with Gasteiger partial charge in [-0.3, -0.25) is 4.79 Å². The fraction of sp³-hybridized carbons (Fsp3) is 0.481. The maximum absolute atomic E-state index is 13.8. The molecule has 8 heteroatoms. The zero-order valence-electron chi connectivity index (χ0n) is 20.3. The van der Waals surface area contributed by atoms with Crippen LogP contribution in [-0.4, -0.2) is 48.7 Å². The minimum absolute atomic E-state index is 0.0220. The number of hydrogen-bond donors (Lipinski definition) is 1. The van der Waals surface area contributed by atoms with E-state index in [1.54, 1.807) is 13.2 Å². The van der Waals surface area contributed by atoms with E-state index >= 15 is 0 Å². The number of nitrogens with one attached hydrogen (secondary N) is 1. The molecular formula is C27H32ClN3O4. The molecule has 2 atom stereocenters. The van der Waals surface area contributed by atoms with Gasteiger partial charge in [-0.1, -0.05) is 36.6 Å². The number of nitrogens with zero attached hydrogens (tertiary/aromatic N) is 2. The largest absolute Gasteiger partial charge is 0.493 e. The van der Waals surface area contributed by atoms with Crippen LogP contribution in [-0.2, 0) is 4.74 Å². The Hall–Kier alpha value is -2.77. The van der Waals surface area contributed by atoms with Gasteiger partial charge in [-0.2, -0.15) is 4.98 Å². The SMILES string of the molecule is COc1cc(C(=O)N(CC2CCOC2)C2CCCC2)cc2nc(NC(C)c3cccc(Cl)c3)oc12. The molecule has 2 fully saturated rings. The van der Waals surface area contributed by atoms with Crippen LogP contribution in [0, 0.1) is 5.92 Å². The Morgan fingerprint density at radius 2 is 2.09 bits per heavy atom. The van der Waals surface area contributed by atoms with Crippen LogP contribution in [0.5, 0.6) is 5.75 Å². The molecule has 2 aliphatic rings. The molecule has 0 spiro atoms. The Bertz CT molecular complexity index is 1180. The van der Waals surface area contributed by atoms with E-state index in [9.17, 15) is 4.79 Å². The number of ether oxygens (including phenoxy) is 2. The zero-order chi connectivity index (χ0) is 24.4. The van der Waals surface area contributed by atoms with Crippen molar-refractivity contribution >= 4 is 34.6 Å². The van der Waals surface area contributed by atoms with E-state index in [0.29, 0.717) is 39.4 Å². The van der Waals surface area contributed by atoms with E-state index in [-0.39, 0.29) is 18.0 Å². The van der Waals surface area contributed by atoms with Crippen molar-refractivity contribution in [3.63, 3.8) is 0 Å². The van der Waals surface area contributed by atoms with Crippen molar-refractivity contribution in [2.45, 2.75) is 51.1 Å². The van der Waals surface area contributed by atoms with Gasteiger partial charge in [0.2, 0.25) is 0 Å². The van der Waals surface area contributed by atoms with Crippen LogP contribution in [0.15, 0.2) is 40.8 Å². The summed E-state index contributed by atoms with van der Waals surface area (Å²) in [7, 11) is 1.58. The monoisotopic (exact) mass is 497 g/mol. The van der Waals surface area contributed by atoms with Crippen molar-refractivity contribution in [1.82, 2.24) is 9.88 Å². The summed E-state index contributed by atoms with van der Waals surface area (Å²) in [5.74, 6) is 0.909. The second kappa shape index (κ2) is 10.5. The highest BCUT2D eigenvalue weighted by atomic mass is 35.5. The average molecular weight is 498 g/mol. The molecule has 2 aromatic carbocycles. The number of rotatable bonds is 8. The van der Waals surface area contributed by atoms with Gasteiger partial charge in [0.15, 0.2) is 11.3 Å². The van der Waals surface area contributed by atoms with Gasteiger partial charge in [-0.05, 0) is 56.0 Å². The van der Waals surface area contributed by atoms with Crippen LogP contribution in [0.2, 0.25) is 5.02 Å². The van der Waals surface area contributed by atoms with Gasteiger partial charge in [-0.25, -0.2) is 0 Å². The van der Waals surface area contributed by atoms with Gasteiger partial charge >= 0.3 is 0 Å². The highest BCUT2D eigenvalue weighted by Gasteiger charge is 2.31. The number of amides is 1. The van der Waals surface area contributed by atoms with Crippen molar-refractivity contribution in [2.75, 3.05) is 32.2 Å². The molecular weight excluding hydrogens is 466 g/mol. The molecule has 0 bridgehead atoms. The molecule has 1 aliphatic carbocycles. The molecule has 5 rings (SSSR count). The minimum Gasteiger partial charge on any atom is -0.493 e. The van der Waals surface area contributed by atoms with Crippen molar-refractivity contribution in [3.05, 3.63) is 52.5 Å². The third kappa shape index (κ3) is 5.26. The van der Waals surface area contributed by atoms with Crippen molar-refractivity contribution in [2.24, 2.45) is 5.92 Å². The molecule has 35 heavy (non-hydrogen) atoms. The number of fused-ring (bicyclic) bond motifs is 1. The predicted octanol–water partition coefficient (Wildman–Crippen LogP) is 6.08. The predicted molar refractivity (Wildman–Crippen MR) is 136 cm³/mol. The lowest BCUT2D eigenvalue weighted by atomic mass is 10.0. The molecule has 0 radical (unpaired) electrons. The van der Waals surface area contributed by atoms with Gasteiger partial charge in [0.1, 0.15) is 5.52 Å². The number of methoxy groups -OCH3 is 1. The molecule has 1 aliphatic heterocycles. The third-order valence-electron chi connectivity index (χ3n) is 7.12. The molecule has 1 saturated heterocycles. The lowest BCUT2D eigenvalue weighted by Crippen LogP contribution is -2.42. The summed E-state index contributed by atoms with van der Waals surface area (Å²) in [6.07, 6.45) is 5.44. The first-order chi connectivity index (χ1) is 17.0. The molecule has 3 aromatic rings. The Morgan fingerprint density at radius 3 is 2.80 bits per heavy atom. The first kappa shape index (κ1) is 23.9. The van der Waals surface area contributed by atoms with Gasteiger partial charge in [0.05, 0.1) is 19.8 Å². The summed E-state index contributed by atoms with van der Waals surface area (Å²) in [5.41, 5.74) is 2.69. The van der Waals surface area contributed by atoms with Crippen LogP contribution in [0.4, 0.5) is 6.01 Å². The van der Waals surface area contributed by atoms with Crippen LogP contribution in [0.1, 0.15) is 61.0 Å². The summed E-state index contributed by atoms with van der Waals surface area (Å²) in [4.78, 5) is 20.5. The van der Waals surface area contributed by atoms with Gasteiger partial charge < -0.3 is 24.1 Å². The first-order valence-electron chi connectivity index (χ1n) is 12.4. The smallest absolute Gasteiger partial charge is 0.296 e. The number of carbonyl (C=O) groups excluding carboxylic acids is 1. The first-order valence-corrected chi connectivity index (χ1v) is 12.8. The van der Waals surface area contributed by atoms with Crippen LogP contribution < -0.4 is 10.1 Å². The Labute approximate surface area is 210 Å². The molecule has 1 aromatic heterocycles. The number of carbonyl (C=O) groups is 1. The summed E-state index contributed by atoms with van der Waals surface area (Å²) >= 11 is 6.14. The van der Waals surface area contributed by atoms with Crippen molar-refractivity contribution in [3.8, 4) is 5.75 Å². The van der Waals surface area contributed by atoms with E-state index in [1.807, 2.05) is 37.3 Å². The Kier molecular flexibility index (Phi) is 7.16. The number of benzene rings is 2. The number of hydrogen-bond acceptors (Lipinski definition) is 6. The Morgan fingerprint density at radius 1 is 1.26 bits per heavy atom. The Balaban J connectivity index is 1.42. The number of aromatic nitrogens is 1. The number of halogens is 1. The normalized spacial score (nSPS) is 19.2. The van der Waals surface area contributed by atoms with E-state index in [0.717, 1.165) is 44.6 Å². The standard InChI is InChI=1S/C27H32ClN3O4/c1-17(19-6-5-7-21(28)12-19)29-27-30-23-13-20(14-24(33-2)25(23)35-27)26(32)31(22-8-3-4-9-22)15-18-10-11-34-16-18/h5-7,12-14,17-18,22H,3-4,8-11,15-16H2,1-2H3,(H,29,30). The summed E-state index contributed by atoms with van der Waals surface area (Å²) in [6.45, 7) is 4.24. The molecule has 2 heterocycles. The summed E-state index contributed by atoms with van der Waals surface area (Å²) in [6, 6.07) is 11.8. The zero-order valence-corrected chi connectivity index (χ0v) is 21.0. The fourth-order valence-corrected chi connectivity index (χ4v) is 5.37. The molecule has 1 amide bonds. The minimum atomic E-state index is -0.0691. The van der Waals surface area contributed by atoms with Crippen LogP contribution >= 0.6 is 11.6 Å². The average Bonchev–Trinajstić information content (AvgIpc) is 3.63. The summed E-state index contributed by atoms with van der Waals surface area (Å²) in [5, 5.41) is 3.96. The van der Waals surface area contributed by atoms with Crippen LogP contribution in [0.25, 0.3) is 11.1 Å². The lowest BCUT2D eigenvalue weighted by molar-refractivity contribution is 0.0635. The van der Waals surface area contributed by atoms with Crippen molar-refractivity contribution < 1.29 is 18.7 Å². The maximum atomic E-state index is 13.8. The van der Waals surface area contributed by atoms with E-state index in [2.05, 4.69) is 15.2 Å². The van der Waals surface area contributed by atoms with E-state index < -0.39 is 0 Å². The topological polar surface area (TPSA) is 76.8 Å². The molecule has 186 valence electrons. The second-order valence-electron chi connectivity index (χ2n) is 9.59. The molecule has 7 nitrogen and oxygen atoms in total. The highest BCUT2D eigenvalue weighted by molar-refractivity contribution is 6.30. The molecule has 1 saturated carbocycles. The molecule has 2 unspecified atom stereocenters. The number of oxazole rings is 1. The van der Waals surface area contributed by atoms with E-state index in [4.69, 9.17) is 25.5 Å². The fourth-order valence-electron chi connectivity index (χ4n) is 5.17. The lowest BCUT2D eigenvalue weighted by Gasteiger charge is -2.31. The third-order valence-corrected chi connectivity index (χ3v) is 7.35. The highest BCUT2D eigenvalue weighted by Crippen LogP contribution is 2.34. The van der Waals surface area contributed by atoms with Gasteiger partial charge in [0, 0.05) is 35.7 Å².